The van der Waals surface area contributed by atoms with Crippen LogP contribution < -0.4 is 0 Å². The van der Waals surface area contributed by atoms with Crippen molar-refractivity contribution < 1.29 is 14.6 Å². The molecular weight excluding hydrogens is 352 g/mol. The molecule has 5 heteroatoms. The molecule has 3 fully saturated rings. The highest BCUT2D eigenvalue weighted by molar-refractivity contribution is 5.78. The molecule has 3 aliphatic rings. The van der Waals surface area contributed by atoms with Crippen LogP contribution in [0.5, 0.6) is 0 Å². The Kier molecular flexibility index (Phi) is 6.04. The van der Waals surface area contributed by atoms with Crippen LogP contribution in [0.2, 0.25) is 0 Å². The van der Waals surface area contributed by atoms with E-state index in [9.17, 15) is 9.90 Å². The van der Waals surface area contributed by atoms with Crippen LogP contribution in [-0.4, -0.2) is 72.4 Å². The summed E-state index contributed by atoms with van der Waals surface area (Å²) in [6.07, 6.45) is 4.63. The predicted octanol–water partition coefficient (Wildman–Crippen LogP) is 2.64. The number of benzene rings is 1. The fourth-order valence-electron chi connectivity index (χ4n) is 5.43. The molecule has 1 aliphatic carbocycles. The molecular formula is C23H34N2O3. The van der Waals surface area contributed by atoms with Crippen molar-refractivity contribution in [3.05, 3.63) is 35.9 Å². The van der Waals surface area contributed by atoms with Gasteiger partial charge in [-0.15, -0.1) is 0 Å². The lowest BCUT2D eigenvalue weighted by Crippen LogP contribution is -2.63. The van der Waals surface area contributed by atoms with Crippen molar-refractivity contribution >= 4 is 5.91 Å². The van der Waals surface area contributed by atoms with Crippen molar-refractivity contribution in [3.63, 3.8) is 0 Å². The number of hydrogen-bond donors (Lipinski definition) is 1. The van der Waals surface area contributed by atoms with Gasteiger partial charge in [-0.25, -0.2) is 0 Å². The number of likely N-dealkylation sites (tertiary alicyclic amines) is 2. The smallest absolute Gasteiger partial charge is 0.236 e. The van der Waals surface area contributed by atoms with E-state index in [2.05, 4.69) is 35.2 Å². The third-order valence-corrected chi connectivity index (χ3v) is 7.37. The molecule has 1 N–H and O–H groups in total. The second-order valence-corrected chi connectivity index (χ2v) is 8.77. The highest BCUT2D eigenvalue weighted by Crippen LogP contribution is 2.50. The van der Waals surface area contributed by atoms with Crippen molar-refractivity contribution in [1.29, 1.82) is 0 Å². The summed E-state index contributed by atoms with van der Waals surface area (Å²) in [5.41, 5.74) is 1.32. The second kappa shape index (κ2) is 8.52. The minimum Gasteiger partial charge on any atom is -0.392 e. The summed E-state index contributed by atoms with van der Waals surface area (Å²) in [5, 5.41) is 10.3. The summed E-state index contributed by atoms with van der Waals surface area (Å²) in [7, 11) is 0. The molecule has 2 aliphatic heterocycles. The highest BCUT2D eigenvalue weighted by atomic mass is 16.5. The van der Waals surface area contributed by atoms with Gasteiger partial charge in [-0.2, -0.15) is 0 Å². The van der Waals surface area contributed by atoms with Crippen LogP contribution in [0.15, 0.2) is 30.3 Å². The maximum atomic E-state index is 12.8. The first kappa shape index (κ1) is 19.9. The van der Waals surface area contributed by atoms with E-state index in [-0.39, 0.29) is 23.5 Å². The van der Waals surface area contributed by atoms with Crippen LogP contribution in [0, 0.1) is 5.41 Å². The summed E-state index contributed by atoms with van der Waals surface area (Å²) in [6.45, 7) is 6.73. The number of ether oxygens (including phenoxy) is 1. The minimum absolute atomic E-state index is 0.110. The largest absolute Gasteiger partial charge is 0.392 e. The average Bonchev–Trinajstić information content (AvgIpc) is 2.75. The molecule has 4 rings (SSSR count). The van der Waals surface area contributed by atoms with E-state index >= 15 is 0 Å². The summed E-state index contributed by atoms with van der Waals surface area (Å²) < 4.78 is 5.83. The van der Waals surface area contributed by atoms with E-state index < -0.39 is 0 Å². The molecule has 2 heterocycles. The Bertz CT molecular complexity index is 647. The Hall–Kier alpha value is -1.43. The van der Waals surface area contributed by atoms with Gasteiger partial charge in [0.05, 0.1) is 18.8 Å². The number of aliphatic hydroxyl groups excluding tert-OH is 1. The van der Waals surface area contributed by atoms with Crippen LogP contribution in [0.25, 0.3) is 0 Å². The van der Waals surface area contributed by atoms with Crippen molar-refractivity contribution in [1.82, 2.24) is 9.80 Å². The molecule has 28 heavy (non-hydrogen) atoms. The zero-order chi connectivity index (χ0) is 19.6. The third-order valence-electron chi connectivity index (χ3n) is 7.37. The SMILES string of the molecule is CCO[C@@H]1C[C@H](O)C12CCN(C(=O)CN1CCC(c3ccccc3)CC1)CC2. The van der Waals surface area contributed by atoms with E-state index in [0.717, 1.165) is 58.3 Å². The van der Waals surface area contributed by atoms with Gasteiger partial charge < -0.3 is 14.7 Å². The summed E-state index contributed by atoms with van der Waals surface area (Å²) >= 11 is 0. The molecule has 2 saturated heterocycles. The Labute approximate surface area is 168 Å². The normalized spacial score (nSPS) is 28.3. The number of amides is 1. The van der Waals surface area contributed by atoms with Gasteiger partial charge in [0, 0.05) is 31.5 Å². The zero-order valence-electron chi connectivity index (χ0n) is 17.1. The zero-order valence-corrected chi connectivity index (χ0v) is 17.1. The minimum atomic E-state index is -0.265. The lowest BCUT2D eigenvalue weighted by atomic mass is 9.58. The molecule has 0 unspecified atom stereocenters. The number of hydrogen-bond acceptors (Lipinski definition) is 4. The van der Waals surface area contributed by atoms with Gasteiger partial charge in [0.2, 0.25) is 5.91 Å². The number of rotatable bonds is 5. The van der Waals surface area contributed by atoms with Gasteiger partial charge in [-0.05, 0) is 57.2 Å². The molecule has 1 aromatic rings. The van der Waals surface area contributed by atoms with Gasteiger partial charge >= 0.3 is 0 Å². The maximum Gasteiger partial charge on any atom is 0.236 e. The third kappa shape index (κ3) is 3.85. The van der Waals surface area contributed by atoms with Gasteiger partial charge in [0.1, 0.15) is 0 Å². The van der Waals surface area contributed by atoms with Gasteiger partial charge in [-0.3, -0.25) is 9.69 Å². The summed E-state index contributed by atoms with van der Waals surface area (Å²) in [5.74, 6) is 0.868. The first-order valence-corrected chi connectivity index (χ1v) is 11.0. The Morgan fingerprint density at radius 2 is 1.82 bits per heavy atom. The fraction of sp³-hybridized carbons (Fsp3) is 0.696. The van der Waals surface area contributed by atoms with Crippen LogP contribution >= 0.6 is 0 Å². The molecule has 1 spiro atoms. The molecule has 154 valence electrons. The van der Waals surface area contributed by atoms with E-state index in [1.54, 1.807) is 0 Å². The summed E-state index contributed by atoms with van der Waals surface area (Å²) in [4.78, 5) is 17.1. The van der Waals surface area contributed by atoms with Crippen molar-refractivity contribution in [2.75, 3.05) is 39.3 Å². The summed E-state index contributed by atoms with van der Waals surface area (Å²) in [6, 6.07) is 10.7. The molecule has 1 amide bonds. The quantitative estimate of drug-likeness (QED) is 0.845. The van der Waals surface area contributed by atoms with Crippen molar-refractivity contribution in [2.45, 2.75) is 57.2 Å². The molecule has 2 atom stereocenters. The van der Waals surface area contributed by atoms with Gasteiger partial charge in [-0.1, -0.05) is 30.3 Å². The highest BCUT2D eigenvalue weighted by Gasteiger charge is 2.56. The van der Waals surface area contributed by atoms with Gasteiger partial charge in [0.15, 0.2) is 0 Å². The standard InChI is InChI=1S/C23H34N2O3/c1-2-28-21-16-20(26)23(21)10-14-25(15-11-23)22(27)17-24-12-8-19(9-13-24)18-6-4-3-5-7-18/h3-7,19-21,26H,2,8-17H2,1H3/t20-,21+/m0/s1. The second-order valence-electron chi connectivity index (χ2n) is 8.77. The van der Waals surface area contributed by atoms with E-state index in [4.69, 9.17) is 4.74 Å². The monoisotopic (exact) mass is 386 g/mol. The van der Waals surface area contributed by atoms with Gasteiger partial charge in [0.25, 0.3) is 0 Å². The lowest BCUT2D eigenvalue weighted by Gasteiger charge is -2.56. The molecule has 1 saturated carbocycles. The average molecular weight is 387 g/mol. The number of piperidine rings is 2. The number of carbonyl (C=O) groups is 1. The predicted molar refractivity (Wildman–Crippen MR) is 109 cm³/mol. The lowest BCUT2D eigenvalue weighted by molar-refractivity contribution is -0.210. The van der Waals surface area contributed by atoms with E-state index in [0.29, 0.717) is 19.1 Å². The first-order chi connectivity index (χ1) is 13.6. The van der Waals surface area contributed by atoms with Crippen LogP contribution in [-0.2, 0) is 9.53 Å². The number of carbonyl (C=O) groups excluding carboxylic acids is 1. The molecule has 1 aromatic carbocycles. The van der Waals surface area contributed by atoms with E-state index in [1.807, 2.05) is 11.8 Å². The van der Waals surface area contributed by atoms with E-state index in [1.165, 1.54) is 5.56 Å². The molecule has 0 bridgehead atoms. The molecule has 0 aromatic heterocycles. The molecule has 0 radical (unpaired) electrons. The Morgan fingerprint density at radius 3 is 2.43 bits per heavy atom. The van der Waals surface area contributed by atoms with Crippen LogP contribution in [0.3, 0.4) is 0 Å². The topological polar surface area (TPSA) is 53.0 Å². The first-order valence-electron chi connectivity index (χ1n) is 11.0. The maximum absolute atomic E-state index is 12.8. The van der Waals surface area contributed by atoms with Crippen LogP contribution in [0.4, 0.5) is 0 Å². The Balaban J connectivity index is 1.23. The number of aliphatic hydroxyl groups is 1. The van der Waals surface area contributed by atoms with Crippen LogP contribution in [0.1, 0.15) is 50.5 Å². The Morgan fingerprint density at radius 1 is 1.14 bits per heavy atom. The fourth-order valence-corrected chi connectivity index (χ4v) is 5.43. The van der Waals surface area contributed by atoms with Crippen molar-refractivity contribution in [3.8, 4) is 0 Å². The van der Waals surface area contributed by atoms with Crippen molar-refractivity contribution in [2.24, 2.45) is 5.41 Å². The molecule has 5 nitrogen and oxygen atoms in total. The number of nitrogens with zero attached hydrogens (tertiary/aromatic N) is 2.